The molecule has 0 bridgehead atoms. The summed E-state index contributed by atoms with van der Waals surface area (Å²) in [4.78, 5) is 27.9. The van der Waals surface area contributed by atoms with Crippen LogP contribution in [0, 0.1) is 6.92 Å². The van der Waals surface area contributed by atoms with E-state index >= 15 is 0 Å². The zero-order valence-electron chi connectivity index (χ0n) is 22.4. The molecule has 1 aromatic carbocycles. The molecular weight excluding hydrogens is 498 g/mol. The van der Waals surface area contributed by atoms with Gasteiger partial charge in [-0.1, -0.05) is 6.07 Å². The molecule has 0 radical (unpaired) electrons. The Kier molecular flexibility index (Phi) is 6.24. The fourth-order valence-electron chi connectivity index (χ4n) is 4.96. The van der Waals surface area contributed by atoms with Gasteiger partial charge in [0.2, 0.25) is 5.95 Å². The zero-order valence-corrected chi connectivity index (χ0v) is 22.4. The van der Waals surface area contributed by atoms with Crippen LogP contribution in [0.25, 0.3) is 22.0 Å². The second kappa shape index (κ2) is 9.75. The van der Waals surface area contributed by atoms with Crippen molar-refractivity contribution in [2.45, 2.75) is 64.6 Å². The number of hydrogen-bond acceptors (Lipinski definition) is 10. The van der Waals surface area contributed by atoms with Gasteiger partial charge in [-0.3, -0.25) is 4.79 Å². The summed E-state index contributed by atoms with van der Waals surface area (Å²) in [5, 5.41) is 19.6. The van der Waals surface area contributed by atoms with Gasteiger partial charge in [-0.05, 0) is 75.9 Å². The standard InChI is InChI=1S/C27H31N9O3/c1-15-20-13-16(19-9-10-28-25-22(19)38-11-12-39-25)5-8-21(20)32-26(29-15)31-18-7-6-17(14-18)30-24(37)23-33-35-36(34-23)27(2,3)4/h5,8-10,13,17-18H,6-7,11-12,14H2,1-4H3,(H,30,37)(H,29,31,32)/t17-,18+/m0/s1. The van der Waals surface area contributed by atoms with E-state index in [1.807, 2.05) is 45.9 Å². The number of ether oxygens (including phenoxy) is 2. The average Bonchev–Trinajstić information content (AvgIpc) is 3.58. The summed E-state index contributed by atoms with van der Waals surface area (Å²) in [7, 11) is 0. The second-order valence-corrected chi connectivity index (χ2v) is 11.0. The van der Waals surface area contributed by atoms with Crippen molar-refractivity contribution in [3.8, 4) is 22.8 Å². The van der Waals surface area contributed by atoms with Crippen molar-refractivity contribution in [2.75, 3.05) is 18.5 Å². The van der Waals surface area contributed by atoms with Crippen LogP contribution in [-0.2, 0) is 5.54 Å². The number of carbonyl (C=O) groups excluding carboxylic acids is 1. The fraction of sp³-hybridized carbons (Fsp3) is 0.444. The Morgan fingerprint density at radius 3 is 2.72 bits per heavy atom. The maximum Gasteiger partial charge on any atom is 0.293 e. The van der Waals surface area contributed by atoms with Gasteiger partial charge >= 0.3 is 0 Å². The predicted molar refractivity (Wildman–Crippen MR) is 144 cm³/mol. The molecule has 0 saturated heterocycles. The largest absolute Gasteiger partial charge is 0.484 e. The topological polar surface area (TPSA) is 142 Å². The van der Waals surface area contributed by atoms with Crippen LogP contribution < -0.4 is 20.1 Å². The van der Waals surface area contributed by atoms with Gasteiger partial charge in [-0.15, -0.1) is 10.2 Å². The van der Waals surface area contributed by atoms with Crippen LogP contribution in [0.4, 0.5) is 5.95 Å². The lowest BCUT2D eigenvalue weighted by molar-refractivity contribution is 0.0926. The average molecular weight is 530 g/mol. The molecule has 6 rings (SSSR count). The number of pyridine rings is 1. The van der Waals surface area contributed by atoms with Crippen LogP contribution in [0.5, 0.6) is 11.6 Å². The van der Waals surface area contributed by atoms with Gasteiger partial charge < -0.3 is 20.1 Å². The lowest BCUT2D eigenvalue weighted by Crippen LogP contribution is -2.35. The molecule has 4 aromatic rings. The normalized spacial score (nSPS) is 18.8. The number of nitrogens with zero attached hydrogens (tertiary/aromatic N) is 7. The number of tetrazole rings is 1. The first-order valence-corrected chi connectivity index (χ1v) is 13.2. The zero-order chi connectivity index (χ0) is 27.1. The van der Waals surface area contributed by atoms with Crippen LogP contribution in [0.3, 0.4) is 0 Å². The Morgan fingerprint density at radius 2 is 1.90 bits per heavy atom. The molecule has 4 heterocycles. The number of fused-ring (bicyclic) bond motifs is 2. The van der Waals surface area contributed by atoms with Crippen molar-refractivity contribution in [1.82, 2.24) is 40.5 Å². The highest BCUT2D eigenvalue weighted by Gasteiger charge is 2.29. The smallest absolute Gasteiger partial charge is 0.293 e. The summed E-state index contributed by atoms with van der Waals surface area (Å²) in [6, 6.07) is 8.18. The molecule has 1 amide bonds. The van der Waals surface area contributed by atoms with Crippen LogP contribution in [-0.4, -0.2) is 66.4 Å². The molecule has 1 saturated carbocycles. The van der Waals surface area contributed by atoms with Gasteiger partial charge in [-0.25, -0.2) is 15.0 Å². The molecule has 3 aromatic heterocycles. The van der Waals surface area contributed by atoms with E-state index in [-0.39, 0.29) is 29.4 Å². The third-order valence-corrected chi connectivity index (χ3v) is 6.96. The molecule has 0 spiro atoms. The van der Waals surface area contributed by atoms with Crippen molar-refractivity contribution in [3.63, 3.8) is 0 Å². The molecule has 1 fully saturated rings. The summed E-state index contributed by atoms with van der Waals surface area (Å²) in [5.41, 5.74) is 3.31. The fourth-order valence-corrected chi connectivity index (χ4v) is 4.96. The minimum absolute atomic E-state index is 0.0122. The quantitative estimate of drug-likeness (QED) is 0.395. The van der Waals surface area contributed by atoms with E-state index in [0.29, 0.717) is 30.8 Å². The molecule has 0 unspecified atom stereocenters. The van der Waals surface area contributed by atoms with Crippen molar-refractivity contribution >= 4 is 22.8 Å². The highest BCUT2D eigenvalue weighted by atomic mass is 16.6. The summed E-state index contributed by atoms with van der Waals surface area (Å²) in [6.07, 6.45) is 4.22. The number of hydrogen-bond donors (Lipinski definition) is 2. The van der Waals surface area contributed by atoms with E-state index in [9.17, 15) is 4.79 Å². The van der Waals surface area contributed by atoms with Crippen LogP contribution in [0.1, 0.15) is 56.3 Å². The summed E-state index contributed by atoms with van der Waals surface area (Å²) in [6.45, 7) is 8.84. The van der Waals surface area contributed by atoms with Crippen LogP contribution in [0.2, 0.25) is 0 Å². The number of benzene rings is 1. The number of aromatic nitrogens is 7. The molecule has 1 aliphatic heterocycles. The number of carbonyl (C=O) groups is 1. The van der Waals surface area contributed by atoms with E-state index < -0.39 is 0 Å². The Balaban J connectivity index is 1.13. The van der Waals surface area contributed by atoms with Crippen molar-refractivity contribution in [1.29, 1.82) is 0 Å². The highest BCUT2D eigenvalue weighted by Crippen LogP contribution is 2.39. The molecule has 2 N–H and O–H groups in total. The Morgan fingerprint density at radius 1 is 1.08 bits per heavy atom. The van der Waals surface area contributed by atoms with E-state index in [2.05, 4.69) is 37.1 Å². The SMILES string of the molecule is Cc1nc(N[C@@H]2CC[C@H](NC(=O)c3nnn(C(C)(C)C)n3)C2)nc2ccc(-c3ccnc4c3OCCO4)cc12. The van der Waals surface area contributed by atoms with Crippen LogP contribution in [0.15, 0.2) is 30.5 Å². The second-order valence-electron chi connectivity index (χ2n) is 11.0. The molecular formula is C27H31N9O3. The number of nitrogens with one attached hydrogen (secondary N) is 2. The van der Waals surface area contributed by atoms with Gasteiger partial charge in [0.25, 0.3) is 17.6 Å². The number of amides is 1. The van der Waals surface area contributed by atoms with E-state index in [0.717, 1.165) is 47.0 Å². The number of aryl methyl sites for hydroxylation is 1. The monoisotopic (exact) mass is 529 g/mol. The first-order chi connectivity index (χ1) is 18.7. The molecule has 12 nitrogen and oxygen atoms in total. The minimum atomic E-state index is -0.338. The van der Waals surface area contributed by atoms with Gasteiger partial charge in [0.15, 0.2) is 5.75 Å². The Labute approximate surface area is 225 Å². The molecule has 39 heavy (non-hydrogen) atoms. The first-order valence-electron chi connectivity index (χ1n) is 13.2. The Hall–Kier alpha value is -4.35. The van der Waals surface area contributed by atoms with Gasteiger partial charge in [-0.2, -0.15) is 4.80 Å². The lowest BCUT2D eigenvalue weighted by Gasteiger charge is -2.20. The number of rotatable bonds is 5. The predicted octanol–water partition coefficient (Wildman–Crippen LogP) is 3.28. The van der Waals surface area contributed by atoms with E-state index in [1.54, 1.807) is 6.20 Å². The van der Waals surface area contributed by atoms with Crippen molar-refractivity contribution in [2.24, 2.45) is 0 Å². The van der Waals surface area contributed by atoms with Gasteiger partial charge in [0, 0.05) is 29.2 Å². The molecule has 202 valence electrons. The number of anilines is 1. The summed E-state index contributed by atoms with van der Waals surface area (Å²) >= 11 is 0. The molecule has 2 aliphatic rings. The van der Waals surface area contributed by atoms with Gasteiger partial charge in [0.05, 0.1) is 16.7 Å². The molecule has 1 aliphatic carbocycles. The Bertz CT molecular complexity index is 1550. The third kappa shape index (κ3) is 5.06. The van der Waals surface area contributed by atoms with Crippen molar-refractivity contribution < 1.29 is 14.3 Å². The van der Waals surface area contributed by atoms with Crippen molar-refractivity contribution in [3.05, 3.63) is 42.0 Å². The molecule has 12 heteroatoms. The summed E-state index contributed by atoms with van der Waals surface area (Å²) < 4.78 is 11.5. The van der Waals surface area contributed by atoms with Gasteiger partial charge in [0.1, 0.15) is 13.2 Å². The van der Waals surface area contributed by atoms with E-state index in [4.69, 9.17) is 19.4 Å². The lowest BCUT2D eigenvalue weighted by atomic mass is 10.0. The first kappa shape index (κ1) is 25.0. The third-order valence-electron chi connectivity index (χ3n) is 6.96. The maximum absolute atomic E-state index is 12.7. The van der Waals surface area contributed by atoms with E-state index in [1.165, 1.54) is 4.80 Å². The highest BCUT2D eigenvalue weighted by molar-refractivity contribution is 5.90. The van der Waals surface area contributed by atoms with Crippen LogP contribution >= 0.6 is 0 Å². The minimum Gasteiger partial charge on any atom is -0.484 e. The molecule has 2 atom stereocenters. The maximum atomic E-state index is 12.7. The summed E-state index contributed by atoms with van der Waals surface area (Å²) in [5.74, 6) is 1.54.